The number of hydrogen-bond donors (Lipinski definition) is 1. The third-order valence-electron chi connectivity index (χ3n) is 4.52. The standard InChI is InChI=1S/C21H25N3O3/c1-13-7-6-8-14(2)20(13)26-12-17-9-10-19(27-17)21(25)22-15(3)18-11-24(5)23-16(18)4/h6-11,15H,12H2,1-5H3,(H,22,25). The van der Waals surface area contributed by atoms with Gasteiger partial charge in [0.1, 0.15) is 18.1 Å². The summed E-state index contributed by atoms with van der Waals surface area (Å²) < 4.78 is 13.3. The first-order chi connectivity index (χ1) is 12.8. The number of aromatic nitrogens is 2. The van der Waals surface area contributed by atoms with Gasteiger partial charge in [-0.25, -0.2) is 0 Å². The van der Waals surface area contributed by atoms with E-state index in [1.165, 1.54) is 0 Å². The molecule has 0 radical (unpaired) electrons. The minimum absolute atomic E-state index is 0.161. The normalized spacial score (nSPS) is 12.0. The van der Waals surface area contributed by atoms with Crippen molar-refractivity contribution in [3.05, 3.63) is 70.4 Å². The van der Waals surface area contributed by atoms with E-state index in [-0.39, 0.29) is 24.3 Å². The zero-order valence-corrected chi connectivity index (χ0v) is 16.4. The number of para-hydroxylation sites is 1. The first-order valence-corrected chi connectivity index (χ1v) is 8.94. The Bertz CT molecular complexity index is 935. The number of ether oxygens (including phenoxy) is 1. The van der Waals surface area contributed by atoms with E-state index in [0.717, 1.165) is 28.1 Å². The summed E-state index contributed by atoms with van der Waals surface area (Å²) in [6.07, 6.45) is 1.91. The molecule has 6 heteroatoms. The fourth-order valence-electron chi connectivity index (χ4n) is 3.14. The van der Waals surface area contributed by atoms with E-state index < -0.39 is 0 Å². The van der Waals surface area contributed by atoms with Crippen LogP contribution in [0, 0.1) is 20.8 Å². The van der Waals surface area contributed by atoms with E-state index in [4.69, 9.17) is 9.15 Å². The van der Waals surface area contributed by atoms with Gasteiger partial charge in [-0.3, -0.25) is 9.48 Å². The molecule has 1 aromatic carbocycles. The molecule has 142 valence electrons. The fraction of sp³-hybridized carbons (Fsp3) is 0.333. The molecule has 6 nitrogen and oxygen atoms in total. The molecule has 1 amide bonds. The van der Waals surface area contributed by atoms with Crippen LogP contribution in [0.3, 0.4) is 0 Å². The van der Waals surface area contributed by atoms with Crippen LogP contribution in [-0.2, 0) is 13.7 Å². The second-order valence-corrected chi connectivity index (χ2v) is 6.81. The Hall–Kier alpha value is -3.02. The molecule has 2 heterocycles. The molecule has 2 aromatic heterocycles. The Morgan fingerprint density at radius 3 is 2.56 bits per heavy atom. The third kappa shape index (κ3) is 4.22. The lowest BCUT2D eigenvalue weighted by Crippen LogP contribution is -2.26. The summed E-state index contributed by atoms with van der Waals surface area (Å²) in [6.45, 7) is 8.14. The van der Waals surface area contributed by atoms with Crippen LogP contribution in [0.15, 0.2) is 40.9 Å². The average molecular weight is 367 g/mol. The van der Waals surface area contributed by atoms with Crippen molar-refractivity contribution >= 4 is 5.91 Å². The minimum atomic E-state index is -0.260. The van der Waals surface area contributed by atoms with E-state index in [0.29, 0.717) is 5.76 Å². The van der Waals surface area contributed by atoms with E-state index in [1.54, 1.807) is 16.8 Å². The van der Waals surface area contributed by atoms with Crippen LogP contribution in [0.1, 0.15) is 51.7 Å². The molecule has 0 fully saturated rings. The second-order valence-electron chi connectivity index (χ2n) is 6.81. The largest absolute Gasteiger partial charge is 0.485 e. The molecule has 1 unspecified atom stereocenters. The molecule has 0 aliphatic carbocycles. The van der Waals surface area contributed by atoms with Gasteiger partial charge in [0.15, 0.2) is 5.76 Å². The van der Waals surface area contributed by atoms with Crippen molar-refractivity contribution in [2.75, 3.05) is 0 Å². The summed E-state index contributed by atoms with van der Waals surface area (Å²) in [5, 5.41) is 7.25. The van der Waals surface area contributed by atoms with Crippen LogP contribution >= 0.6 is 0 Å². The van der Waals surface area contributed by atoms with Crippen molar-refractivity contribution in [1.82, 2.24) is 15.1 Å². The molecule has 0 saturated heterocycles. The zero-order valence-electron chi connectivity index (χ0n) is 16.4. The van der Waals surface area contributed by atoms with Crippen LogP contribution < -0.4 is 10.1 Å². The lowest BCUT2D eigenvalue weighted by molar-refractivity contribution is 0.0907. The lowest BCUT2D eigenvalue weighted by Gasteiger charge is -2.12. The van der Waals surface area contributed by atoms with Crippen LogP contribution in [0.25, 0.3) is 0 Å². The highest BCUT2D eigenvalue weighted by molar-refractivity contribution is 5.91. The molecular formula is C21H25N3O3. The van der Waals surface area contributed by atoms with Crippen LogP contribution in [0.2, 0.25) is 0 Å². The predicted octanol–water partition coefficient (Wildman–Crippen LogP) is 4.01. The third-order valence-corrected chi connectivity index (χ3v) is 4.52. The summed E-state index contributed by atoms with van der Waals surface area (Å²) in [4.78, 5) is 12.5. The summed E-state index contributed by atoms with van der Waals surface area (Å²) in [7, 11) is 1.86. The van der Waals surface area contributed by atoms with E-state index >= 15 is 0 Å². The Morgan fingerprint density at radius 1 is 1.22 bits per heavy atom. The monoisotopic (exact) mass is 367 g/mol. The maximum absolute atomic E-state index is 12.5. The number of furan rings is 1. The van der Waals surface area contributed by atoms with Gasteiger partial charge in [-0.15, -0.1) is 0 Å². The average Bonchev–Trinajstić information content (AvgIpc) is 3.20. The van der Waals surface area contributed by atoms with Gasteiger partial charge in [-0.1, -0.05) is 18.2 Å². The Labute approximate surface area is 159 Å². The smallest absolute Gasteiger partial charge is 0.287 e. The van der Waals surface area contributed by atoms with Gasteiger partial charge in [0, 0.05) is 18.8 Å². The maximum atomic E-state index is 12.5. The van der Waals surface area contributed by atoms with Crippen molar-refractivity contribution in [2.45, 2.75) is 40.3 Å². The quantitative estimate of drug-likeness (QED) is 0.715. The maximum Gasteiger partial charge on any atom is 0.287 e. The Balaban J connectivity index is 1.63. The summed E-state index contributed by atoms with van der Waals surface area (Å²) >= 11 is 0. The minimum Gasteiger partial charge on any atom is -0.485 e. The first-order valence-electron chi connectivity index (χ1n) is 8.94. The van der Waals surface area contributed by atoms with Crippen molar-refractivity contribution in [2.24, 2.45) is 7.05 Å². The van der Waals surface area contributed by atoms with Gasteiger partial charge in [-0.2, -0.15) is 5.10 Å². The van der Waals surface area contributed by atoms with E-state index in [1.807, 2.05) is 59.1 Å². The first kappa shape index (κ1) is 18.8. The highest BCUT2D eigenvalue weighted by Crippen LogP contribution is 2.24. The van der Waals surface area contributed by atoms with Crippen molar-refractivity contribution in [3.8, 4) is 5.75 Å². The molecule has 3 rings (SSSR count). The van der Waals surface area contributed by atoms with Gasteiger partial charge in [0.05, 0.1) is 11.7 Å². The summed E-state index contributed by atoms with van der Waals surface area (Å²) in [5.74, 6) is 1.46. The van der Waals surface area contributed by atoms with Gasteiger partial charge in [0.25, 0.3) is 5.91 Å². The van der Waals surface area contributed by atoms with Crippen molar-refractivity contribution < 1.29 is 13.9 Å². The second kappa shape index (κ2) is 7.70. The molecule has 3 aromatic rings. The number of nitrogens with one attached hydrogen (secondary N) is 1. The molecule has 0 aliphatic rings. The molecule has 0 aliphatic heterocycles. The van der Waals surface area contributed by atoms with Crippen molar-refractivity contribution in [1.29, 1.82) is 0 Å². The summed E-state index contributed by atoms with van der Waals surface area (Å²) in [5.41, 5.74) is 4.02. The number of hydrogen-bond acceptors (Lipinski definition) is 4. The number of carbonyl (C=O) groups is 1. The number of aryl methyl sites for hydroxylation is 4. The molecule has 1 atom stereocenters. The highest BCUT2D eigenvalue weighted by atomic mass is 16.5. The van der Waals surface area contributed by atoms with E-state index in [9.17, 15) is 4.79 Å². The molecule has 0 saturated carbocycles. The molecule has 27 heavy (non-hydrogen) atoms. The number of rotatable bonds is 6. The number of carbonyl (C=O) groups excluding carboxylic acids is 1. The Morgan fingerprint density at radius 2 is 1.93 bits per heavy atom. The molecule has 0 bridgehead atoms. The topological polar surface area (TPSA) is 69.3 Å². The highest BCUT2D eigenvalue weighted by Gasteiger charge is 2.18. The molecule has 0 spiro atoms. The number of nitrogens with zero attached hydrogens (tertiary/aromatic N) is 2. The van der Waals surface area contributed by atoms with Crippen LogP contribution in [-0.4, -0.2) is 15.7 Å². The summed E-state index contributed by atoms with van der Waals surface area (Å²) in [6, 6.07) is 9.28. The number of benzene rings is 1. The van der Waals surface area contributed by atoms with Gasteiger partial charge < -0.3 is 14.5 Å². The number of amides is 1. The SMILES string of the molecule is Cc1cccc(C)c1OCc1ccc(C(=O)NC(C)c2cn(C)nc2C)o1. The zero-order chi connectivity index (χ0) is 19.6. The van der Waals surface area contributed by atoms with Crippen molar-refractivity contribution in [3.63, 3.8) is 0 Å². The predicted molar refractivity (Wildman–Crippen MR) is 103 cm³/mol. The molecule has 1 N–H and O–H groups in total. The van der Waals surface area contributed by atoms with Gasteiger partial charge in [0.2, 0.25) is 0 Å². The van der Waals surface area contributed by atoms with E-state index in [2.05, 4.69) is 10.4 Å². The van der Waals surface area contributed by atoms with Crippen LogP contribution in [0.5, 0.6) is 5.75 Å². The lowest BCUT2D eigenvalue weighted by atomic mass is 10.1. The van der Waals surface area contributed by atoms with Crippen LogP contribution in [0.4, 0.5) is 0 Å². The Kier molecular flexibility index (Phi) is 5.35. The fourth-order valence-corrected chi connectivity index (χ4v) is 3.14. The van der Waals surface area contributed by atoms with Gasteiger partial charge in [-0.05, 0) is 51.0 Å². The molecular weight excluding hydrogens is 342 g/mol. The van der Waals surface area contributed by atoms with Gasteiger partial charge >= 0.3 is 0 Å².